The number of carboxylic acid groups (broad SMARTS) is 1. The van der Waals surface area contributed by atoms with Gasteiger partial charge in [-0.25, -0.2) is 0 Å². The molecule has 0 aliphatic carbocycles. The number of amides is 1. The summed E-state index contributed by atoms with van der Waals surface area (Å²) in [6, 6.07) is -0.0122. The van der Waals surface area contributed by atoms with Gasteiger partial charge in [-0.2, -0.15) is 0 Å². The Morgan fingerprint density at radius 1 is 1.44 bits per heavy atom. The molecular weight excluding hydrogens is 236 g/mol. The average Bonchev–Trinajstić information content (AvgIpc) is 2.34. The third-order valence-corrected chi connectivity index (χ3v) is 3.27. The number of aliphatic carboxylic acids is 1. The van der Waals surface area contributed by atoms with Crippen LogP contribution in [-0.4, -0.2) is 54.2 Å². The van der Waals surface area contributed by atoms with Crippen molar-refractivity contribution in [3.8, 4) is 0 Å². The van der Waals surface area contributed by atoms with Crippen LogP contribution in [0.25, 0.3) is 0 Å². The zero-order valence-electron chi connectivity index (χ0n) is 10.8. The van der Waals surface area contributed by atoms with Crippen molar-refractivity contribution in [3.63, 3.8) is 0 Å². The van der Waals surface area contributed by atoms with Crippen LogP contribution >= 0.6 is 0 Å². The molecule has 0 radical (unpaired) electrons. The molecule has 1 fully saturated rings. The van der Waals surface area contributed by atoms with Gasteiger partial charge in [0.05, 0.1) is 25.6 Å². The fourth-order valence-corrected chi connectivity index (χ4v) is 2.26. The van der Waals surface area contributed by atoms with Gasteiger partial charge in [-0.1, -0.05) is 0 Å². The number of rotatable bonds is 6. The van der Waals surface area contributed by atoms with Crippen molar-refractivity contribution in [1.82, 2.24) is 4.90 Å². The molecule has 3 N–H and O–H groups in total. The van der Waals surface area contributed by atoms with Crippen LogP contribution in [0.15, 0.2) is 0 Å². The van der Waals surface area contributed by atoms with Crippen molar-refractivity contribution in [3.05, 3.63) is 0 Å². The molecule has 1 saturated heterocycles. The predicted molar refractivity (Wildman–Crippen MR) is 66.0 cm³/mol. The number of carbonyl (C=O) groups is 2. The maximum atomic E-state index is 11.9. The molecular formula is C12H22N2O4. The molecule has 1 aliphatic rings. The summed E-state index contributed by atoms with van der Waals surface area (Å²) in [6.07, 6.45) is 1.40. The van der Waals surface area contributed by atoms with Gasteiger partial charge in [-0.3, -0.25) is 9.59 Å². The van der Waals surface area contributed by atoms with Gasteiger partial charge in [0, 0.05) is 19.1 Å². The summed E-state index contributed by atoms with van der Waals surface area (Å²) >= 11 is 0. The summed E-state index contributed by atoms with van der Waals surface area (Å²) in [6.45, 7) is 3.71. The fourth-order valence-electron chi connectivity index (χ4n) is 2.26. The highest BCUT2D eigenvalue weighted by atomic mass is 16.5. The minimum Gasteiger partial charge on any atom is -0.481 e. The van der Waals surface area contributed by atoms with E-state index in [1.165, 1.54) is 0 Å². The van der Waals surface area contributed by atoms with Crippen LogP contribution in [0.1, 0.15) is 26.2 Å². The Labute approximate surface area is 107 Å². The first-order valence-corrected chi connectivity index (χ1v) is 6.36. The molecule has 2 unspecified atom stereocenters. The second-order valence-electron chi connectivity index (χ2n) is 4.65. The minimum absolute atomic E-state index is 0.0122. The van der Waals surface area contributed by atoms with Crippen LogP contribution < -0.4 is 5.73 Å². The van der Waals surface area contributed by atoms with E-state index in [9.17, 15) is 9.59 Å². The van der Waals surface area contributed by atoms with Gasteiger partial charge in [-0.15, -0.1) is 0 Å². The molecule has 6 nitrogen and oxygen atoms in total. The van der Waals surface area contributed by atoms with Crippen molar-refractivity contribution in [2.45, 2.75) is 32.2 Å². The van der Waals surface area contributed by atoms with E-state index in [1.807, 2.05) is 6.92 Å². The lowest BCUT2D eigenvalue weighted by molar-refractivity contribution is -0.147. The Balaban J connectivity index is 2.34. The Bertz CT molecular complexity index is 296. The molecule has 0 aromatic carbocycles. The first-order valence-electron chi connectivity index (χ1n) is 6.36. The standard InChI is InChI=1S/C12H22N2O4/c1-9-8-10(12(16)17)2-5-14(9)11(15)3-6-18-7-4-13/h9-10H,2-8,13H2,1H3,(H,16,17). The first-order chi connectivity index (χ1) is 8.56. The molecule has 6 heteroatoms. The lowest BCUT2D eigenvalue weighted by Gasteiger charge is -2.36. The van der Waals surface area contributed by atoms with Gasteiger partial charge in [0.2, 0.25) is 5.91 Å². The van der Waals surface area contributed by atoms with E-state index >= 15 is 0 Å². The monoisotopic (exact) mass is 258 g/mol. The number of carbonyl (C=O) groups excluding carboxylic acids is 1. The Morgan fingerprint density at radius 2 is 2.17 bits per heavy atom. The summed E-state index contributed by atoms with van der Waals surface area (Å²) in [7, 11) is 0. The zero-order chi connectivity index (χ0) is 13.5. The van der Waals surface area contributed by atoms with E-state index in [0.29, 0.717) is 45.6 Å². The van der Waals surface area contributed by atoms with Crippen LogP contribution in [0.2, 0.25) is 0 Å². The zero-order valence-corrected chi connectivity index (χ0v) is 10.8. The average molecular weight is 258 g/mol. The molecule has 0 spiro atoms. The van der Waals surface area contributed by atoms with Gasteiger partial charge >= 0.3 is 5.97 Å². The second kappa shape index (κ2) is 7.33. The summed E-state index contributed by atoms with van der Waals surface area (Å²) in [4.78, 5) is 24.6. The highest BCUT2D eigenvalue weighted by Gasteiger charge is 2.31. The van der Waals surface area contributed by atoms with Crippen LogP contribution in [0.4, 0.5) is 0 Å². The largest absolute Gasteiger partial charge is 0.481 e. The van der Waals surface area contributed by atoms with Gasteiger partial charge in [-0.05, 0) is 19.8 Å². The van der Waals surface area contributed by atoms with Crippen LogP contribution in [0, 0.1) is 5.92 Å². The Hall–Kier alpha value is -1.14. The molecule has 0 aromatic rings. The number of carboxylic acids is 1. The van der Waals surface area contributed by atoms with Gasteiger partial charge in [0.15, 0.2) is 0 Å². The third-order valence-electron chi connectivity index (χ3n) is 3.27. The van der Waals surface area contributed by atoms with E-state index in [-0.39, 0.29) is 17.9 Å². The Kier molecular flexibility index (Phi) is 6.07. The molecule has 18 heavy (non-hydrogen) atoms. The third kappa shape index (κ3) is 4.27. The molecule has 0 aromatic heterocycles. The lowest BCUT2D eigenvalue weighted by atomic mass is 9.91. The number of nitrogens with two attached hydrogens (primary N) is 1. The van der Waals surface area contributed by atoms with Gasteiger partial charge < -0.3 is 20.5 Å². The highest BCUT2D eigenvalue weighted by Crippen LogP contribution is 2.23. The summed E-state index contributed by atoms with van der Waals surface area (Å²) < 4.78 is 5.17. The van der Waals surface area contributed by atoms with Crippen LogP contribution in [0.3, 0.4) is 0 Å². The van der Waals surface area contributed by atoms with Crippen molar-refractivity contribution in [1.29, 1.82) is 0 Å². The molecule has 1 heterocycles. The summed E-state index contributed by atoms with van der Waals surface area (Å²) in [5.41, 5.74) is 5.28. The molecule has 1 amide bonds. The number of hydrogen-bond acceptors (Lipinski definition) is 4. The van der Waals surface area contributed by atoms with Crippen molar-refractivity contribution in [2.75, 3.05) is 26.3 Å². The number of ether oxygens (including phenoxy) is 1. The van der Waals surface area contributed by atoms with Crippen molar-refractivity contribution < 1.29 is 19.4 Å². The number of likely N-dealkylation sites (tertiary alicyclic amines) is 1. The predicted octanol–water partition coefficient (Wildman–Crippen LogP) is 0.0635. The van der Waals surface area contributed by atoms with Crippen molar-refractivity contribution >= 4 is 11.9 Å². The van der Waals surface area contributed by atoms with Gasteiger partial charge in [0.25, 0.3) is 0 Å². The molecule has 1 rings (SSSR count). The maximum absolute atomic E-state index is 11.9. The lowest BCUT2D eigenvalue weighted by Crippen LogP contribution is -2.46. The van der Waals surface area contributed by atoms with E-state index in [1.54, 1.807) is 4.90 Å². The number of nitrogens with zero attached hydrogens (tertiary/aromatic N) is 1. The van der Waals surface area contributed by atoms with Crippen molar-refractivity contribution in [2.24, 2.45) is 11.7 Å². The summed E-state index contributed by atoms with van der Waals surface area (Å²) in [5.74, 6) is -1.05. The van der Waals surface area contributed by atoms with E-state index in [0.717, 1.165) is 0 Å². The molecule has 1 aliphatic heterocycles. The second-order valence-corrected chi connectivity index (χ2v) is 4.65. The first kappa shape index (κ1) is 14.9. The molecule has 2 atom stereocenters. The normalized spacial score (nSPS) is 24.0. The SMILES string of the molecule is CC1CC(C(=O)O)CCN1C(=O)CCOCCN. The minimum atomic E-state index is -0.764. The topological polar surface area (TPSA) is 92.9 Å². The quantitative estimate of drug-likeness (QED) is 0.657. The van der Waals surface area contributed by atoms with E-state index < -0.39 is 5.97 Å². The smallest absolute Gasteiger partial charge is 0.306 e. The Morgan fingerprint density at radius 3 is 2.72 bits per heavy atom. The fraction of sp³-hybridized carbons (Fsp3) is 0.833. The summed E-state index contributed by atoms with van der Waals surface area (Å²) in [5, 5.41) is 8.95. The van der Waals surface area contributed by atoms with E-state index in [2.05, 4.69) is 0 Å². The molecule has 0 bridgehead atoms. The van der Waals surface area contributed by atoms with E-state index in [4.69, 9.17) is 15.6 Å². The van der Waals surface area contributed by atoms with Crippen LogP contribution in [-0.2, 0) is 14.3 Å². The molecule has 104 valence electrons. The maximum Gasteiger partial charge on any atom is 0.306 e. The number of piperidine rings is 1. The van der Waals surface area contributed by atoms with Crippen LogP contribution in [0.5, 0.6) is 0 Å². The molecule has 0 saturated carbocycles. The number of hydrogen-bond donors (Lipinski definition) is 2. The van der Waals surface area contributed by atoms with Gasteiger partial charge in [0.1, 0.15) is 0 Å². The highest BCUT2D eigenvalue weighted by molar-refractivity contribution is 5.77.